The summed E-state index contributed by atoms with van der Waals surface area (Å²) in [7, 11) is 0. The normalized spacial score (nSPS) is 11.5. The summed E-state index contributed by atoms with van der Waals surface area (Å²) in [6, 6.07) is 156. The third kappa shape index (κ3) is 14.4. The monoisotopic (exact) mass is 1830 g/mol. The van der Waals surface area contributed by atoms with E-state index in [4.69, 9.17) is 52.4 Å². The molecule has 0 radical (unpaired) electrons. The predicted octanol–water partition coefficient (Wildman–Crippen LogP) is 32.9. The highest BCUT2D eigenvalue weighted by Crippen LogP contribution is 2.47. The molecule has 0 bridgehead atoms. The smallest absolute Gasteiger partial charge is 0.187 e. The molecule has 0 amide bonds. The molecule has 0 aliphatic heterocycles. The Labute approximate surface area is 816 Å². The summed E-state index contributed by atoms with van der Waals surface area (Å²) in [4.78, 5) is 42.0. The molecule has 19 aromatic carbocycles. The van der Waals surface area contributed by atoms with Gasteiger partial charge < -0.3 is 18.1 Å². The summed E-state index contributed by atoms with van der Waals surface area (Å²) in [5.74, 6) is 4.17. The highest BCUT2D eigenvalue weighted by Gasteiger charge is 2.26. The van der Waals surface area contributed by atoms with Crippen LogP contribution in [-0.4, -0.2) is 53.2 Å². The van der Waals surface area contributed by atoms with E-state index >= 15 is 0 Å². The Hall–Kier alpha value is -19.7. The van der Waals surface area contributed by atoms with E-state index in [0.717, 1.165) is 139 Å². The minimum Gasteiger partial charge on any atom is -0.454 e. The maximum Gasteiger partial charge on any atom is 0.187 e. The van der Waals surface area contributed by atoms with E-state index in [1.54, 1.807) is 12.1 Å². The molecule has 0 aliphatic rings. The molecule has 0 saturated heterocycles. The number of para-hydroxylation sites is 7. The van der Waals surface area contributed by atoms with Crippen LogP contribution < -0.4 is 0 Å². The SMILES string of the molecule is N#Cc1cccc(-c2cc(-n3c4ccccc4c4cc(-c5ccc6c(c5)c5ccccc5n6-c5ccccc5)ccc43)nc3ccccc23)c1.[C-]#[N+]c1cccc(-c2nc(-c3ccccc3)nc(-c3cccc(-n4c5ccccc5c5ccc6c7ccccc7oc6c54)c3)n2)c1.[C-]#[N+]c1cccc(-c2nc(-c3ccccc3)nc(-c3cccc(-n4c5ccccc5c5ccc6c7ccccc7sc6c54)c3)n2)c1. The van der Waals surface area contributed by atoms with Crippen molar-refractivity contribution in [1.29, 1.82) is 5.26 Å². The molecule has 0 saturated carbocycles. The summed E-state index contributed by atoms with van der Waals surface area (Å²) >= 11 is 1.84. The lowest BCUT2D eigenvalue weighted by molar-refractivity contribution is 0.671. The van der Waals surface area contributed by atoms with Crippen molar-refractivity contribution in [3.63, 3.8) is 0 Å². The number of pyridine rings is 1. The second-order valence-electron chi connectivity index (χ2n) is 35.1. The standard InChI is InChI=1S/C46H28N4.C40H23N5O.C40H23N5S/c47-29-30-11-10-12-33(25-30)38-28-46(48-41-18-7-4-15-35(38)41)50-43-20-9-6-17-37(43)40-27-32(22-24-45(40)50)31-21-23-44-39(26-31)36-16-5-8-19-42(36)49(44)34-13-2-1-3-14-34;2*1-41-28-15-9-13-26(23-28)39-42-38(25-11-3-2-4-12-25)43-40(44-39)27-14-10-16-29(24-27)45-34-19-7-5-17-30(34)32-21-22-33-31-18-6-8-20-35(31)46-37(33)36(32)45/h1-28H;2*2-24H. The summed E-state index contributed by atoms with van der Waals surface area (Å²) in [6.45, 7) is 15.0. The largest absolute Gasteiger partial charge is 0.454 e. The summed E-state index contributed by atoms with van der Waals surface area (Å²) in [5.41, 5.74) is 26.0. The topological polar surface area (TPSA) is 156 Å². The zero-order valence-corrected chi connectivity index (χ0v) is 76.6. The number of nitrogens with zero attached hydrogens (tertiary/aromatic N) is 14. The van der Waals surface area contributed by atoms with Crippen LogP contribution in [0.25, 0.3) is 263 Å². The van der Waals surface area contributed by atoms with Gasteiger partial charge in [0.15, 0.2) is 51.9 Å². The van der Waals surface area contributed by atoms with Gasteiger partial charge in [-0.05, 0) is 162 Å². The Morgan fingerprint density at radius 2 is 0.648 bits per heavy atom. The Kier molecular flexibility index (Phi) is 20.2. The van der Waals surface area contributed by atoms with Crippen LogP contribution in [0.4, 0.5) is 11.4 Å². The van der Waals surface area contributed by atoms with Crippen molar-refractivity contribution in [3.8, 4) is 120 Å². The summed E-state index contributed by atoms with van der Waals surface area (Å²) in [6.07, 6.45) is 0. The third-order valence-corrected chi connectivity index (χ3v) is 28.0. The van der Waals surface area contributed by atoms with Gasteiger partial charge in [-0.25, -0.2) is 44.6 Å². The molecular weight excluding hydrogens is 1760 g/mol. The first kappa shape index (κ1) is 82.9. The highest BCUT2D eigenvalue weighted by molar-refractivity contribution is 7.26. The second kappa shape index (κ2) is 34.6. The van der Waals surface area contributed by atoms with Gasteiger partial charge in [0.05, 0.1) is 79.1 Å². The predicted molar refractivity (Wildman–Crippen MR) is 580 cm³/mol. The Bertz CT molecular complexity index is 9780. The maximum absolute atomic E-state index is 9.65. The van der Waals surface area contributed by atoms with Gasteiger partial charge in [0.25, 0.3) is 0 Å². The molecule has 142 heavy (non-hydrogen) atoms. The van der Waals surface area contributed by atoms with Crippen LogP contribution >= 0.6 is 11.3 Å². The van der Waals surface area contributed by atoms with Crippen molar-refractivity contribution in [2.24, 2.45) is 0 Å². The number of hydrogen-bond donors (Lipinski definition) is 0. The fraction of sp³-hybridized carbons (Fsp3) is 0. The molecule has 0 aliphatic carbocycles. The van der Waals surface area contributed by atoms with E-state index in [1.165, 1.54) is 80.2 Å². The molecule has 15 nitrogen and oxygen atoms in total. The molecule has 0 spiro atoms. The maximum atomic E-state index is 9.65. The fourth-order valence-electron chi connectivity index (χ4n) is 20.4. The van der Waals surface area contributed by atoms with Gasteiger partial charge in [0, 0.05) is 125 Å². The quantitative estimate of drug-likeness (QED) is 0.109. The average Bonchev–Trinajstić information content (AvgIpc) is 1.56. The average molecular weight is 1830 g/mol. The molecule has 16 heteroatoms. The van der Waals surface area contributed by atoms with E-state index in [-0.39, 0.29) is 0 Å². The first-order valence-electron chi connectivity index (χ1n) is 46.8. The molecule has 0 atom stereocenters. The third-order valence-electron chi connectivity index (χ3n) is 26.8. The number of benzene rings is 19. The first-order valence-corrected chi connectivity index (χ1v) is 47.6. The molecule has 9 aromatic heterocycles. The number of hydrogen-bond acceptors (Lipinski definition) is 10. The zero-order valence-electron chi connectivity index (χ0n) is 75.8. The van der Waals surface area contributed by atoms with Gasteiger partial charge >= 0.3 is 0 Å². The summed E-state index contributed by atoms with van der Waals surface area (Å²) in [5, 5.41) is 25.0. The molecule has 28 aromatic rings. The number of furan rings is 1. The van der Waals surface area contributed by atoms with Crippen molar-refractivity contribution in [1.82, 2.24) is 53.2 Å². The number of rotatable bonds is 12. The van der Waals surface area contributed by atoms with Crippen LogP contribution in [0.15, 0.2) is 453 Å². The van der Waals surface area contributed by atoms with E-state index in [2.05, 4.69) is 313 Å². The van der Waals surface area contributed by atoms with Crippen LogP contribution in [0.3, 0.4) is 0 Å². The number of fused-ring (bicyclic) bond motifs is 21. The van der Waals surface area contributed by atoms with E-state index in [1.807, 2.05) is 169 Å². The molecule has 0 fully saturated rings. The first-order chi connectivity index (χ1) is 70.2. The van der Waals surface area contributed by atoms with E-state index in [9.17, 15) is 5.26 Å². The van der Waals surface area contributed by atoms with E-state index in [0.29, 0.717) is 51.9 Å². The van der Waals surface area contributed by atoms with Crippen molar-refractivity contribution < 1.29 is 4.42 Å². The molecular formula is C126H74N14OS. The van der Waals surface area contributed by atoms with Gasteiger partial charge in [-0.3, -0.25) is 4.57 Å². The minimum atomic E-state index is 0.514. The highest BCUT2D eigenvalue weighted by atomic mass is 32.1. The lowest BCUT2D eigenvalue weighted by Crippen LogP contribution is -2.01. The number of aromatic nitrogens is 11. The van der Waals surface area contributed by atoms with Crippen molar-refractivity contribution in [3.05, 3.63) is 477 Å². The zero-order chi connectivity index (χ0) is 94.4. The molecule has 0 unspecified atom stereocenters. The fourth-order valence-corrected chi connectivity index (χ4v) is 21.6. The van der Waals surface area contributed by atoms with Crippen LogP contribution in [0.2, 0.25) is 0 Å². The lowest BCUT2D eigenvalue weighted by Gasteiger charge is -2.13. The van der Waals surface area contributed by atoms with Crippen molar-refractivity contribution in [2.75, 3.05) is 0 Å². The summed E-state index contributed by atoms with van der Waals surface area (Å²) < 4.78 is 18.4. The van der Waals surface area contributed by atoms with E-state index < -0.39 is 0 Å². The molecule has 660 valence electrons. The minimum absolute atomic E-state index is 0.514. The Morgan fingerprint density at radius 1 is 0.254 bits per heavy atom. The molecule has 28 rings (SSSR count). The van der Waals surface area contributed by atoms with Crippen molar-refractivity contribution >= 4 is 163 Å². The van der Waals surface area contributed by atoms with Crippen LogP contribution in [0.1, 0.15) is 5.56 Å². The van der Waals surface area contributed by atoms with Gasteiger partial charge in [-0.15, -0.1) is 11.3 Å². The molecule has 9 heterocycles. The van der Waals surface area contributed by atoms with Gasteiger partial charge in [-0.2, -0.15) is 5.26 Å². The second-order valence-corrected chi connectivity index (χ2v) is 36.1. The Balaban J connectivity index is 0.000000109. The van der Waals surface area contributed by atoms with Crippen LogP contribution in [-0.2, 0) is 0 Å². The molecule has 0 N–H and O–H groups in total. The number of thiophene rings is 1. The van der Waals surface area contributed by atoms with Gasteiger partial charge in [0.2, 0.25) is 0 Å². The number of nitriles is 1. The van der Waals surface area contributed by atoms with Crippen LogP contribution in [0, 0.1) is 24.5 Å². The Morgan fingerprint density at radius 3 is 1.20 bits per heavy atom. The van der Waals surface area contributed by atoms with Crippen LogP contribution in [0.5, 0.6) is 0 Å². The van der Waals surface area contributed by atoms with Gasteiger partial charge in [0.1, 0.15) is 11.4 Å². The lowest BCUT2D eigenvalue weighted by atomic mass is 9.99. The van der Waals surface area contributed by atoms with Crippen molar-refractivity contribution in [2.45, 2.75) is 0 Å². The van der Waals surface area contributed by atoms with Gasteiger partial charge in [-0.1, -0.05) is 309 Å².